The molecule has 0 bridgehead atoms. The van der Waals surface area contributed by atoms with Gasteiger partial charge in [-0.3, -0.25) is 4.31 Å². The summed E-state index contributed by atoms with van der Waals surface area (Å²) in [5, 5.41) is 2.52. The minimum atomic E-state index is -3.28. The van der Waals surface area contributed by atoms with E-state index in [2.05, 4.69) is 4.98 Å². The molecule has 0 aliphatic rings. The summed E-state index contributed by atoms with van der Waals surface area (Å²) in [6.07, 6.45) is 1.91. The second-order valence-corrected chi connectivity index (χ2v) is 9.44. The van der Waals surface area contributed by atoms with Gasteiger partial charge in [0, 0.05) is 18.3 Å². The number of nitrogens with two attached hydrogens (primary N) is 1. The van der Waals surface area contributed by atoms with Crippen LogP contribution in [0.2, 0.25) is 0 Å². The zero-order valence-electron chi connectivity index (χ0n) is 16.0. The molecular weight excluding hydrogens is 394 g/mol. The highest BCUT2D eigenvalue weighted by atomic mass is 32.2. The van der Waals surface area contributed by atoms with Crippen LogP contribution in [0.25, 0.3) is 0 Å². The third-order valence-electron chi connectivity index (χ3n) is 4.65. The second kappa shape index (κ2) is 8.20. The van der Waals surface area contributed by atoms with Crippen LogP contribution in [0.1, 0.15) is 22.7 Å². The molecule has 0 amide bonds. The van der Waals surface area contributed by atoms with Crippen molar-refractivity contribution < 1.29 is 13.2 Å². The normalized spacial score (nSPS) is 12.5. The van der Waals surface area contributed by atoms with Crippen LogP contribution in [0.5, 0.6) is 5.75 Å². The zero-order chi connectivity index (χ0) is 20.3. The van der Waals surface area contributed by atoms with Gasteiger partial charge in [-0.05, 0) is 41.8 Å². The average Bonchev–Trinajstić information content (AvgIpc) is 3.11. The van der Waals surface area contributed by atoms with Crippen molar-refractivity contribution in [1.82, 2.24) is 4.98 Å². The topological polar surface area (TPSA) is 85.5 Å². The Balaban J connectivity index is 1.89. The number of rotatable bonds is 7. The molecule has 2 N–H and O–H groups in total. The van der Waals surface area contributed by atoms with Crippen molar-refractivity contribution in [2.45, 2.75) is 12.3 Å². The van der Waals surface area contributed by atoms with Crippen molar-refractivity contribution in [1.29, 1.82) is 0 Å². The Kier molecular flexibility index (Phi) is 5.90. The van der Waals surface area contributed by atoms with E-state index in [1.165, 1.54) is 21.9 Å². The van der Waals surface area contributed by atoms with Crippen LogP contribution in [-0.2, 0) is 16.4 Å². The van der Waals surface area contributed by atoms with E-state index in [9.17, 15) is 8.42 Å². The predicted octanol–water partition coefficient (Wildman–Crippen LogP) is 3.50. The number of hydrogen-bond acceptors (Lipinski definition) is 6. The first-order valence-electron chi connectivity index (χ1n) is 8.65. The van der Waals surface area contributed by atoms with Crippen molar-refractivity contribution in [3.8, 4) is 5.75 Å². The lowest BCUT2D eigenvalue weighted by atomic mass is 9.89. The molecule has 0 aliphatic heterocycles. The van der Waals surface area contributed by atoms with E-state index >= 15 is 0 Å². The Bertz CT molecular complexity index is 1030. The van der Waals surface area contributed by atoms with Crippen molar-refractivity contribution >= 4 is 32.2 Å². The van der Waals surface area contributed by atoms with E-state index in [1.807, 2.05) is 53.9 Å². The van der Waals surface area contributed by atoms with Crippen molar-refractivity contribution in [2.24, 2.45) is 0 Å². The van der Waals surface area contributed by atoms with Gasteiger partial charge in [0.05, 0.1) is 24.7 Å². The standard InChI is InChI=1S/C20H23N3O3S2/c1-23(28(3,24)25)16-8-4-14(5-9-16)12-18(19-13-27-20(21)22-19)15-6-10-17(26-2)11-7-15/h4-11,13,18H,12H2,1-3H3,(H2,21,22). The molecule has 6 nitrogen and oxygen atoms in total. The van der Waals surface area contributed by atoms with Crippen LogP contribution < -0.4 is 14.8 Å². The molecule has 1 aromatic heterocycles. The first kappa shape index (κ1) is 20.2. The Hall–Kier alpha value is -2.58. The van der Waals surface area contributed by atoms with Gasteiger partial charge in [-0.25, -0.2) is 13.4 Å². The molecule has 3 aromatic rings. The van der Waals surface area contributed by atoms with E-state index in [4.69, 9.17) is 10.5 Å². The zero-order valence-corrected chi connectivity index (χ0v) is 17.6. The molecule has 0 radical (unpaired) electrons. The summed E-state index contributed by atoms with van der Waals surface area (Å²) in [5.74, 6) is 0.839. The number of ether oxygens (including phenoxy) is 1. The van der Waals surface area contributed by atoms with Crippen LogP contribution in [0.15, 0.2) is 53.9 Å². The van der Waals surface area contributed by atoms with Crippen LogP contribution in [0.3, 0.4) is 0 Å². The average molecular weight is 418 g/mol. The van der Waals surface area contributed by atoms with E-state index in [-0.39, 0.29) is 5.92 Å². The maximum absolute atomic E-state index is 11.7. The molecule has 2 aromatic carbocycles. The number of methoxy groups -OCH3 is 1. The molecule has 0 fully saturated rings. The van der Waals surface area contributed by atoms with Gasteiger partial charge in [0.2, 0.25) is 10.0 Å². The van der Waals surface area contributed by atoms with Crippen LogP contribution in [0, 0.1) is 0 Å². The molecule has 148 valence electrons. The summed E-state index contributed by atoms with van der Waals surface area (Å²) in [6.45, 7) is 0. The van der Waals surface area contributed by atoms with Gasteiger partial charge in [0.25, 0.3) is 0 Å². The Morgan fingerprint density at radius 1 is 1.14 bits per heavy atom. The summed E-state index contributed by atoms with van der Waals surface area (Å²) in [4.78, 5) is 4.48. The third-order valence-corrected chi connectivity index (χ3v) is 6.55. The number of nitrogens with zero attached hydrogens (tertiary/aromatic N) is 2. The van der Waals surface area contributed by atoms with E-state index < -0.39 is 10.0 Å². The quantitative estimate of drug-likeness (QED) is 0.636. The maximum atomic E-state index is 11.7. The van der Waals surface area contributed by atoms with Gasteiger partial charge in [-0.15, -0.1) is 11.3 Å². The highest BCUT2D eigenvalue weighted by molar-refractivity contribution is 7.92. The SMILES string of the molecule is COc1ccc(C(Cc2ccc(N(C)S(C)(=O)=O)cc2)c2csc(N)n2)cc1. The number of thiazole rings is 1. The molecule has 1 atom stereocenters. The summed E-state index contributed by atoms with van der Waals surface area (Å²) in [7, 11) is -0.0969. The minimum Gasteiger partial charge on any atom is -0.497 e. The van der Waals surface area contributed by atoms with E-state index in [0.29, 0.717) is 10.8 Å². The monoisotopic (exact) mass is 417 g/mol. The number of sulfonamides is 1. The van der Waals surface area contributed by atoms with Crippen molar-refractivity contribution in [3.05, 3.63) is 70.7 Å². The summed E-state index contributed by atoms with van der Waals surface area (Å²) in [6, 6.07) is 15.5. The lowest BCUT2D eigenvalue weighted by Crippen LogP contribution is -2.24. The molecule has 3 rings (SSSR count). The molecule has 0 saturated heterocycles. The first-order chi connectivity index (χ1) is 13.3. The second-order valence-electron chi connectivity index (χ2n) is 6.54. The predicted molar refractivity (Wildman–Crippen MR) is 115 cm³/mol. The Morgan fingerprint density at radius 3 is 2.29 bits per heavy atom. The molecule has 0 saturated carbocycles. The largest absolute Gasteiger partial charge is 0.497 e. The van der Waals surface area contributed by atoms with E-state index in [0.717, 1.165) is 29.0 Å². The molecule has 1 unspecified atom stereocenters. The van der Waals surface area contributed by atoms with Crippen LogP contribution >= 0.6 is 11.3 Å². The van der Waals surface area contributed by atoms with Gasteiger partial charge in [-0.1, -0.05) is 24.3 Å². The highest BCUT2D eigenvalue weighted by Gasteiger charge is 2.19. The van der Waals surface area contributed by atoms with Gasteiger partial charge in [0.1, 0.15) is 5.75 Å². The number of hydrogen-bond donors (Lipinski definition) is 1. The fraction of sp³-hybridized carbons (Fsp3) is 0.250. The Morgan fingerprint density at radius 2 is 1.79 bits per heavy atom. The van der Waals surface area contributed by atoms with Gasteiger partial charge in [-0.2, -0.15) is 0 Å². The van der Waals surface area contributed by atoms with Gasteiger partial charge < -0.3 is 10.5 Å². The van der Waals surface area contributed by atoms with Gasteiger partial charge in [0.15, 0.2) is 5.13 Å². The van der Waals surface area contributed by atoms with Crippen LogP contribution in [0.4, 0.5) is 10.8 Å². The third kappa shape index (κ3) is 4.63. The van der Waals surface area contributed by atoms with Crippen molar-refractivity contribution in [3.63, 3.8) is 0 Å². The van der Waals surface area contributed by atoms with Gasteiger partial charge >= 0.3 is 0 Å². The number of nitrogen functional groups attached to an aromatic ring is 1. The first-order valence-corrected chi connectivity index (χ1v) is 11.4. The fourth-order valence-electron chi connectivity index (χ4n) is 2.96. The minimum absolute atomic E-state index is 0.0398. The molecule has 8 heteroatoms. The van der Waals surface area contributed by atoms with Crippen LogP contribution in [-0.4, -0.2) is 33.8 Å². The lowest BCUT2D eigenvalue weighted by molar-refractivity contribution is 0.414. The molecule has 28 heavy (non-hydrogen) atoms. The molecule has 0 spiro atoms. The molecule has 0 aliphatic carbocycles. The summed E-state index contributed by atoms with van der Waals surface area (Å²) in [5.41, 5.74) is 9.60. The number of benzene rings is 2. The fourth-order valence-corrected chi connectivity index (χ4v) is 4.08. The smallest absolute Gasteiger partial charge is 0.231 e. The Labute approximate surface area is 169 Å². The molecular formula is C20H23N3O3S2. The van der Waals surface area contributed by atoms with Crippen molar-refractivity contribution in [2.75, 3.05) is 30.5 Å². The molecule has 1 heterocycles. The number of aromatic nitrogens is 1. The van der Waals surface area contributed by atoms with E-state index in [1.54, 1.807) is 14.2 Å². The lowest BCUT2D eigenvalue weighted by Gasteiger charge is -2.19. The summed E-state index contributed by atoms with van der Waals surface area (Å²) < 4.78 is 29.9. The highest BCUT2D eigenvalue weighted by Crippen LogP contribution is 2.31. The summed E-state index contributed by atoms with van der Waals surface area (Å²) >= 11 is 1.42. The number of anilines is 2. The maximum Gasteiger partial charge on any atom is 0.231 e.